The number of ether oxygens (including phenoxy) is 2. The van der Waals surface area contributed by atoms with Crippen molar-refractivity contribution in [1.82, 2.24) is 15.1 Å². The SMILES string of the molecule is CCCCc1nnc(C(=O)N2CC[C@@H](CN=[N+]=[N-])[C@@H](OC)C2)cc1-c1ccc(OC2CCCCC2)cc1. The normalized spacial score (nSPS) is 20.3. The van der Waals surface area contributed by atoms with Crippen LogP contribution in [0.2, 0.25) is 0 Å². The van der Waals surface area contributed by atoms with Gasteiger partial charge in [0, 0.05) is 37.2 Å². The van der Waals surface area contributed by atoms with Gasteiger partial charge in [0.2, 0.25) is 0 Å². The molecule has 37 heavy (non-hydrogen) atoms. The second kappa shape index (κ2) is 13.4. The molecule has 0 spiro atoms. The lowest BCUT2D eigenvalue weighted by molar-refractivity contribution is -0.00457. The Kier molecular flexibility index (Phi) is 9.74. The minimum absolute atomic E-state index is 0.0948. The Morgan fingerprint density at radius 3 is 2.65 bits per heavy atom. The number of hydrogen-bond donors (Lipinski definition) is 0. The van der Waals surface area contributed by atoms with E-state index in [0.29, 0.717) is 37.9 Å². The van der Waals surface area contributed by atoms with Crippen LogP contribution in [-0.4, -0.2) is 60.0 Å². The number of piperidine rings is 1. The van der Waals surface area contributed by atoms with Gasteiger partial charge in [0.1, 0.15) is 5.75 Å². The standard InChI is InChI=1S/C28H38N6O3/c1-3-4-10-25-24(20-11-13-23(14-12-20)37-22-8-6-5-7-9-22)17-26(32-31-25)28(35)34-16-15-21(18-30-33-29)27(19-34)36-2/h11-14,17,21-22,27H,3-10,15-16,18-19H2,1-2H3/t21-,27-/m0/s1. The van der Waals surface area contributed by atoms with Crippen molar-refractivity contribution >= 4 is 5.91 Å². The highest BCUT2D eigenvalue weighted by atomic mass is 16.5. The number of likely N-dealkylation sites (tertiary alicyclic amines) is 1. The molecule has 0 bridgehead atoms. The van der Waals surface area contributed by atoms with Crippen LogP contribution < -0.4 is 4.74 Å². The van der Waals surface area contributed by atoms with E-state index in [1.54, 1.807) is 12.0 Å². The highest BCUT2D eigenvalue weighted by Crippen LogP contribution is 2.29. The molecule has 0 unspecified atom stereocenters. The number of carbonyl (C=O) groups is 1. The van der Waals surface area contributed by atoms with E-state index in [0.717, 1.165) is 54.7 Å². The molecular formula is C28H38N6O3. The molecule has 4 rings (SSSR count). The lowest BCUT2D eigenvalue weighted by Gasteiger charge is -2.37. The summed E-state index contributed by atoms with van der Waals surface area (Å²) >= 11 is 0. The van der Waals surface area contributed by atoms with Crippen LogP contribution in [0.25, 0.3) is 21.6 Å². The third-order valence-corrected chi connectivity index (χ3v) is 7.54. The van der Waals surface area contributed by atoms with Gasteiger partial charge in [-0.15, -0.1) is 5.10 Å². The van der Waals surface area contributed by atoms with Gasteiger partial charge >= 0.3 is 0 Å². The minimum Gasteiger partial charge on any atom is -0.490 e. The number of amides is 1. The Bertz CT molecular complexity index is 1080. The molecule has 9 heteroatoms. The van der Waals surface area contributed by atoms with Crippen LogP contribution in [-0.2, 0) is 11.2 Å². The highest BCUT2D eigenvalue weighted by Gasteiger charge is 2.32. The number of azide groups is 1. The molecule has 9 nitrogen and oxygen atoms in total. The molecule has 1 amide bonds. The van der Waals surface area contributed by atoms with Gasteiger partial charge in [0.25, 0.3) is 5.91 Å². The Labute approximate surface area is 219 Å². The number of aromatic nitrogens is 2. The van der Waals surface area contributed by atoms with Crippen LogP contribution >= 0.6 is 0 Å². The molecule has 198 valence electrons. The van der Waals surface area contributed by atoms with Crippen molar-refractivity contribution in [2.24, 2.45) is 11.0 Å². The van der Waals surface area contributed by atoms with Gasteiger partial charge in [-0.1, -0.05) is 37.0 Å². The maximum absolute atomic E-state index is 13.4. The molecule has 2 heterocycles. The minimum atomic E-state index is -0.184. The van der Waals surface area contributed by atoms with Gasteiger partial charge < -0.3 is 14.4 Å². The van der Waals surface area contributed by atoms with Gasteiger partial charge in [-0.3, -0.25) is 4.79 Å². The van der Waals surface area contributed by atoms with E-state index in [1.807, 2.05) is 18.2 Å². The van der Waals surface area contributed by atoms with Crippen molar-refractivity contribution in [3.63, 3.8) is 0 Å². The van der Waals surface area contributed by atoms with Gasteiger partial charge in [-0.2, -0.15) is 5.10 Å². The topological polar surface area (TPSA) is 113 Å². The first-order valence-electron chi connectivity index (χ1n) is 13.6. The Hall–Kier alpha value is -3.16. The summed E-state index contributed by atoms with van der Waals surface area (Å²) < 4.78 is 11.8. The molecule has 1 saturated carbocycles. The lowest BCUT2D eigenvalue weighted by atomic mass is 9.93. The first-order chi connectivity index (χ1) is 18.1. The van der Waals surface area contributed by atoms with Crippen molar-refractivity contribution in [3.05, 3.63) is 52.2 Å². The fourth-order valence-corrected chi connectivity index (χ4v) is 5.32. The number of unbranched alkanes of at least 4 members (excludes halogenated alkanes) is 1. The molecule has 0 N–H and O–H groups in total. The fraction of sp³-hybridized carbons (Fsp3) is 0.607. The highest BCUT2D eigenvalue weighted by molar-refractivity contribution is 5.93. The zero-order chi connectivity index (χ0) is 26.0. The van der Waals surface area contributed by atoms with Gasteiger partial charge in [-0.25, -0.2) is 0 Å². The molecule has 1 saturated heterocycles. The Morgan fingerprint density at radius 2 is 1.95 bits per heavy atom. The summed E-state index contributed by atoms with van der Waals surface area (Å²) in [6.07, 6.45) is 9.71. The second-order valence-corrected chi connectivity index (χ2v) is 10.1. The average Bonchev–Trinajstić information content (AvgIpc) is 2.95. The molecule has 2 atom stereocenters. The predicted molar refractivity (Wildman–Crippen MR) is 142 cm³/mol. The molecule has 1 aliphatic carbocycles. The van der Waals surface area contributed by atoms with Crippen molar-refractivity contribution in [1.29, 1.82) is 0 Å². The van der Waals surface area contributed by atoms with E-state index in [1.165, 1.54) is 19.3 Å². The van der Waals surface area contributed by atoms with E-state index in [4.69, 9.17) is 15.0 Å². The fourth-order valence-electron chi connectivity index (χ4n) is 5.32. The number of nitrogens with zero attached hydrogens (tertiary/aromatic N) is 6. The van der Waals surface area contributed by atoms with Gasteiger partial charge in [-0.05, 0) is 80.2 Å². The third-order valence-electron chi connectivity index (χ3n) is 7.54. The summed E-state index contributed by atoms with van der Waals surface area (Å²) in [5, 5.41) is 12.5. The molecule has 1 aromatic carbocycles. The molecule has 1 aromatic heterocycles. The van der Waals surface area contributed by atoms with Gasteiger partial charge in [0.05, 0.1) is 17.9 Å². The summed E-state index contributed by atoms with van der Waals surface area (Å²) in [7, 11) is 1.63. The van der Waals surface area contributed by atoms with Gasteiger partial charge in [0.15, 0.2) is 5.69 Å². The van der Waals surface area contributed by atoms with Crippen molar-refractivity contribution in [3.8, 4) is 16.9 Å². The second-order valence-electron chi connectivity index (χ2n) is 10.1. The summed E-state index contributed by atoms with van der Waals surface area (Å²) in [4.78, 5) is 18.1. The molecule has 0 radical (unpaired) electrons. The van der Waals surface area contributed by atoms with E-state index >= 15 is 0 Å². The molecule has 2 fully saturated rings. The Morgan fingerprint density at radius 1 is 1.16 bits per heavy atom. The maximum Gasteiger partial charge on any atom is 0.274 e. The number of hydrogen-bond acceptors (Lipinski definition) is 6. The van der Waals surface area contributed by atoms with Crippen LogP contribution in [0.5, 0.6) is 5.75 Å². The van der Waals surface area contributed by atoms with Crippen LogP contribution in [0.4, 0.5) is 0 Å². The van der Waals surface area contributed by atoms with Crippen LogP contribution in [0.1, 0.15) is 74.5 Å². The molecular weight excluding hydrogens is 468 g/mol. The third kappa shape index (κ3) is 6.99. The van der Waals surface area contributed by atoms with E-state index in [9.17, 15) is 4.79 Å². The van der Waals surface area contributed by atoms with Crippen LogP contribution in [0, 0.1) is 5.92 Å². The lowest BCUT2D eigenvalue weighted by Crippen LogP contribution is -2.48. The summed E-state index contributed by atoms with van der Waals surface area (Å²) in [6, 6.07) is 10.0. The Balaban J connectivity index is 1.52. The summed E-state index contributed by atoms with van der Waals surface area (Å²) in [5.41, 5.74) is 11.9. The number of aryl methyl sites for hydroxylation is 1. The monoisotopic (exact) mass is 506 g/mol. The number of rotatable bonds is 10. The van der Waals surface area contributed by atoms with Crippen molar-refractivity contribution < 1.29 is 14.3 Å². The zero-order valence-electron chi connectivity index (χ0n) is 22.0. The van der Waals surface area contributed by atoms with Crippen molar-refractivity contribution in [2.75, 3.05) is 26.7 Å². The first-order valence-corrected chi connectivity index (χ1v) is 13.6. The van der Waals surface area contributed by atoms with E-state index in [-0.39, 0.29) is 17.9 Å². The maximum atomic E-state index is 13.4. The predicted octanol–water partition coefficient (Wildman–Crippen LogP) is 5.99. The number of carbonyl (C=O) groups excluding carboxylic acids is 1. The molecule has 2 aliphatic rings. The summed E-state index contributed by atoms with van der Waals surface area (Å²) in [5.74, 6) is 0.827. The zero-order valence-corrected chi connectivity index (χ0v) is 22.0. The molecule has 1 aliphatic heterocycles. The molecule has 2 aromatic rings. The van der Waals surface area contributed by atoms with E-state index < -0.39 is 0 Å². The number of benzene rings is 1. The summed E-state index contributed by atoms with van der Waals surface area (Å²) in [6.45, 7) is 3.52. The quantitative estimate of drug-likeness (QED) is 0.223. The largest absolute Gasteiger partial charge is 0.490 e. The van der Waals surface area contributed by atoms with Crippen molar-refractivity contribution in [2.45, 2.75) is 76.9 Å². The first kappa shape index (κ1) is 26.9. The van der Waals surface area contributed by atoms with Crippen LogP contribution in [0.15, 0.2) is 35.4 Å². The van der Waals surface area contributed by atoms with Crippen LogP contribution in [0.3, 0.4) is 0 Å². The average molecular weight is 507 g/mol. The smallest absolute Gasteiger partial charge is 0.274 e. The van der Waals surface area contributed by atoms with E-state index in [2.05, 4.69) is 39.3 Å². The number of methoxy groups -OCH3 is 1.